The smallest absolute Gasteiger partial charge is 0.106 e. The van der Waals surface area contributed by atoms with Gasteiger partial charge < -0.3 is 0 Å². The summed E-state index contributed by atoms with van der Waals surface area (Å²) in [7, 11) is 0. The lowest BCUT2D eigenvalue weighted by Crippen LogP contribution is -1.84. The van der Waals surface area contributed by atoms with Crippen LogP contribution < -0.4 is 0 Å². The van der Waals surface area contributed by atoms with E-state index in [9.17, 15) is 0 Å². The summed E-state index contributed by atoms with van der Waals surface area (Å²) in [5.41, 5.74) is 2.23. The monoisotopic (exact) mass is 211 g/mol. The summed E-state index contributed by atoms with van der Waals surface area (Å²) in [4.78, 5) is 4.29. The molecule has 0 N–H and O–H groups in total. The van der Waals surface area contributed by atoms with Crippen molar-refractivity contribution >= 4 is 21.5 Å². The van der Waals surface area contributed by atoms with Crippen molar-refractivity contribution in [1.82, 2.24) is 4.98 Å². The van der Waals surface area contributed by atoms with E-state index in [1.54, 1.807) is 0 Å². The highest BCUT2D eigenvalue weighted by Gasteiger charge is 1.95. The van der Waals surface area contributed by atoms with Crippen molar-refractivity contribution in [3.05, 3.63) is 34.6 Å². The summed E-state index contributed by atoms with van der Waals surface area (Å²) in [6.07, 6.45) is 2.05. The second kappa shape index (κ2) is 3.67. The molecule has 1 aromatic heterocycles. The van der Waals surface area contributed by atoms with Crippen LogP contribution in [0.4, 0.5) is 0 Å². The van der Waals surface area contributed by atoms with E-state index in [4.69, 9.17) is 0 Å². The van der Waals surface area contributed by atoms with Crippen LogP contribution in [0.25, 0.3) is 5.57 Å². The first-order valence-corrected chi connectivity index (χ1v) is 4.29. The van der Waals surface area contributed by atoms with E-state index in [1.165, 1.54) is 5.57 Å². The highest BCUT2D eigenvalue weighted by molar-refractivity contribution is 9.10. The molecule has 0 atom stereocenters. The van der Waals surface area contributed by atoms with Crippen LogP contribution in [0.3, 0.4) is 0 Å². The van der Waals surface area contributed by atoms with Gasteiger partial charge in [-0.1, -0.05) is 12.1 Å². The fourth-order valence-electron chi connectivity index (χ4n) is 0.776. The standard InChI is InChI=1S/C9H10BrN/c1-3-7(2)8-5-4-6-9(10)11-8/h3-6H,1-2H3. The highest BCUT2D eigenvalue weighted by atomic mass is 79.9. The van der Waals surface area contributed by atoms with Crippen LogP contribution in [0.1, 0.15) is 19.5 Å². The Kier molecular flexibility index (Phi) is 2.83. The molecule has 1 rings (SSSR count). The van der Waals surface area contributed by atoms with Gasteiger partial charge in [-0.2, -0.15) is 0 Å². The van der Waals surface area contributed by atoms with Crippen LogP contribution in [0, 0.1) is 0 Å². The Morgan fingerprint density at radius 2 is 2.27 bits per heavy atom. The number of hydrogen-bond acceptors (Lipinski definition) is 1. The van der Waals surface area contributed by atoms with E-state index in [-0.39, 0.29) is 0 Å². The molecule has 0 fully saturated rings. The molecule has 0 aliphatic heterocycles. The number of halogens is 1. The largest absolute Gasteiger partial charge is 0.241 e. The summed E-state index contributed by atoms with van der Waals surface area (Å²) < 4.78 is 0.885. The molecule has 58 valence electrons. The Bertz CT molecular complexity index is 279. The van der Waals surface area contributed by atoms with Crippen molar-refractivity contribution < 1.29 is 0 Å². The van der Waals surface area contributed by atoms with Crippen LogP contribution in [0.2, 0.25) is 0 Å². The normalized spacial score (nSPS) is 11.7. The molecule has 0 spiro atoms. The molecule has 1 nitrogen and oxygen atoms in total. The maximum absolute atomic E-state index is 4.29. The lowest BCUT2D eigenvalue weighted by atomic mass is 10.2. The summed E-state index contributed by atoms with van der Waals surface area (Å²) in [5.74, 6) is 0. The van der Waals surface area contributed by atoms with Crippen molar-refractivity contribution in [2.75, 3.05) is 0 Å². The molecule has 0 saturated carbocycles. The third kappa shape index (κ3) is 2.15. The van der Waals surface area contributed by atoms with Gasteiger partial charge in [0.1, 0.15) is 4.60 Å². The average molecular weight is 212 g/mol. The number of pyridine rings is 1. The molecular weight excluding hydrogens is 202 g/mol. The van der Waals surface area contributed by atoms with Gasteiger partial charge in [-0.15, -0.1) is 0 Å². The minimum Gasteiger partial charge on any atom is -0.241 e. The van der Waals surface area contributed by atoms with Gasteiger partial charge in [0.05, 0.1) is 5.69 Å². The van der Waals surface area contributed by atoms with Crippen molar-refractivity contribution in [2.24, 2.45) is 0 Å². The topological polar surface area (TPSA) is 12.9 Å². The third-order valence-electron chi connectivity index (χ3n) is 1.55. The summed E-state index contributed by atoms with van der Waals surface area (Å²) >= 11 is 3.32. The van der Waals surface area contributed by atoms with E-state index >= 15 is 0 Å². The van der Waals surface area contributed by atoms with Crippen LogP contribution in [0.15, 0.2) is 28.9 Å². The molecule has 0 amide bonds. The Hall–Kier alpha value is -0.630. The lowest BCUT2D eigenvalue weighted by Gasteiger charge is -1.98. The Balaban J connectivity index is 3.06. The molecule has 0 aliphatic carbocycles. The van der Waals surface area contributed by atoms with Crippen molar-refractivity contribution in [1.29, 1.82) is 0 Å². The van der Waals surface area contributed by atoms with Crippen LogP contribution in [0.5, 0.6) is 0 Å². The number of allylic oxidation sites excluding steroid dienone is 2. The third-order valence-corrected chi connectivity index (χ3v) is 1.99. The quantitative estimate of drug-likeness (QED) is 0.651. The van der Waals surface area contributed by atoms with Gasteiger partial charge in [0, 0.05) is 0 Å². The molecule has 1 heterocycles. The molecule has 0 saturated heterocycles. The van der Waals surface area contributed by atoms with Gasteiger partial charge in [0.25, 0.3) is 0 Å². The molecule has 0 unspecified atom stereocenters. The minimum absolute atomic E-state index is 0.885. The second-order valence-corrected chi connectivity index (χ2v) is 3.13. The first-order chi connectivity index (χ1) is 5.24. The SMILES string of the molecule is CC=C(C)c1cccc(Br)n1. The van der Waals surface area contributed by atoms with Gasteiger partial charge in [-0.25, -0.2) is 4.98 Å². The minimum atomic E-state index is 0.885. The van der Waals surface area contributed by atoms with Crippen molar-refractivity contribution in [3.8, 4) is 0 Å². The number of aromatic nitrogens is 1. The molecule has 0 bridgehead atoms. The number of nitrogens with zero attached hydrogens (tertiary/aromatic N) is 1. The molecule has 0 aliphatic rings. The van der Waals surface area contributed by atoms with Crippen molar-refractivity contribution in [2.45, 2.75) is 13.8 Å². The molecule has 1 aromatic rings. The maximum Gasteiger partial charge on any atom is 0.106 e. The van der Waals surface area contributed by atoms with Gasteiger partial charge in [0.15, 0.2) is 0 Å². The van der Waals surface area contributed by atoms with Gasteiger partial charge >= 0.3 is 0 Å². The Morgan fingerprint density at radius 3 is 2.82 bits per heavy atom. The van der Waals surface area contributed by atoms with Gasteiger partial charge in [-0.3, -0.25) is 0 Å². The average Bonchev–Trinajstić information content (AvgIpc) is 2.03. The molecule has 0 aromatic carbocycles. The second-order valence-electron chi connectivity index (χ2n) is 2.32. The fraction of sp³-hybridized carbons (Fsp3) is 0.222. The maximum atomic E-state index is 4.29. The van der Waals surface area contributed by atoms with E-state index in [0.29, 0.717) is 0 Å². The predicted octanol–water partition coefficient (Wildman–Crippen LogP) is 3.27. The van der Waals surface area contributed by atoms with Gasteiger partial charge in [-0.05, 0) is 47.5 Å². The van der Waals surface area contributed by atoms with E-state index in [0.717, 1.165) is 10.3 Å². The number of hydrogen-bond donors (Lipinski definition) is 0. The fourth-order valence-corrected chi connectivity index (χ4v) is 1.12. The Labute approximate surface area is 75.3 Å². The zero-order chi connectivity index (χ0) is 8.27. The van der Waals surface area contributed by atoms with Crippen molar-refractivity contribution in [3.63, 3.8) is 0 Å². The lowest BCUT2D eigenvalue weighted by molar-refractivity contribution is 1.22. The van der Waals surface area contributed by atoms with E-state index in [1.807, 2.05) is 25.1 Å². The number of rotatable bonds is 1. The van der Waals surface area contributed by atoms with E-state index < -0.39 is 0 Å². The van der Waals surface area contributed by atoms with Crippen LogP contribution in [-0.2, 0) is 0 Å². The summed E-state index contributed by atoms with van der Waals surface area (Å²) in [5, 5.41) is 0. The Morgan fingerprint density at radius 1 is 1.55 bits per heavy atom. The van der Waals surface area contributed by atoms with Crippen LogP contribution in [-0.4, -0.2) is 4.98 Å². The van der Waals surface area contributed by atoms with Gasteiger partial charge in [0.2, 0.25) is 0 Å². The summed E-state index contributed by atoms with van der Waals surface area (Å²) in [6.45, 7) is 4.06. The molecular formula is C9H10BrN. The van der Waals surface area contributed by atoms with Crippen LogP contribution >= 0.6 is 15.9 Å². The molecule has 0 radical (unpaired) electrons. The predicted molar refractivity (Wildman–Crippen MR) is 51.3 cm³/mol. The molecule has 2 heteroatoms. The zero-order valence-corrected chi connectivity index (χ0v) is 8.22. The first-order valence-electron chi connectivity index (χ1n) is 3.50. The van der Waals surface area contributed by atoms with E-state index in [2.05, 4.69) is 33.9 Å². The summed E-state index contributed by atoms with van der Waals surface area (Å²) in [6, 6.07) is 5.91. The first kappa shape index (κ1) is 8.47. The highest BCUT2D eigenvalue weighted by Crippen LogP contribution is 2.13. The zero-order valence-electron chi connectivity index (χ0n) is 6.63. The molecule has 11 heavy (non-hydrogen) atoms.